The van der Waals surface area contributed by atoms with Crippen molar-refractivity contribution in [2.45, 2.75) is 76.7 Å². The number of ether oxygens (including phenoxy) is 1. The maximum absolute atomic E-state index is 10.9. The van der Waals surface area contributed by atoms with E-state index in [1.54, 1.807) is 5.48 Å². The number of amides is 1. The highest BCUT2D eigenvalue weighted by molar-refractivity contribution is 5.74. The lowest BCUT2D eigenvalue weighted by Gasteiger charge is -2.20. The molecule has 1 aliphatic carbocycles. The van der Waals surface area contributed by atoms with Crippen LogP contribution in [-0.4, -0.2) is 28.5 Å². The Morgan fingerprint density at radius 3 is 2.62 bits per heavy atom. The van der Waals surface area contributed by atoms with Gasteiger partial charge < -0.3 is 9.84 Å². The number of aliphatic hydroxyl groups is 1. The van der Waals surface area contributed by atoms with Gasteiger partial charge in [-0.2, -0.15) is 0 Å². The van der Waals surface area contributed by atoms with Crippen LogP contribution in [0.25, 0.3) is 0 Å². The minimum absolute atomic E-state index is 0.231. The second-order valence-electron chi connectivity index (χ2n) is 7.04. The van der Waals surface area contributed by atoms with Gasteiger partial charge in [0.05, 0.1) is 12.4 Å². The summed E-state index contributed by atoms with van der Waals surface area (Å²) in [5, 5.41) is 18.5. The number of nitrogens with one attached hydrogen (secondary N) is 1. The predicted molar refractivity (Wildman–Crippen MR) is 103 cm³/mol. The van der Waals surface area contributed by atoms with E-state index in [-0.39, 0.29) is 11.8 Å². The number of hydrogen-bond acceptors (Lipinski definition) is 5. The van der Waals surface area contributed by atoms with Gasteiger partial charge >= 0.3 is 0 Å². The first kappa shape index (κ1) is 22.4. The van der Waals surface area contributed by atoms with Crippen LogP contribution in [0.2, 0.25) is 0 Å². The molecule has 1 rings (SSSR count). The molecule has 0 radical (unpaired) electrons. The smallest absolute Gasteiger partial charge is 0.243 e. The van der Waals surface area contributed by atoms with Crippen molar-refractivity contribution in [3.8, 4) is 0 Å². The molecule has 0 aromatic carbocycles. The number of nitrogens with zero attached hydrogens (tertiary/aromatic N) is 1. The minimum atomic E-state index is -0.570. The maximum atomic E-state index is 10.9. The van der Waals surface area contributed by atoms with Crippen molar-refractivity contribution in [2.75, 3.05) is 0 Å². The summed E-state index contributed by atoms with van der Waals surface area (Å²) in [5.41, 5.74) is 1.67. The number of rotatable bonds is 14. The summed E-state index contributed by atoms with van der Waals surface area (Å²) in [4.78, 5) is 14.9. The van der Waals surface area contributed by atoms with Gasteiger partial charge in [-0.3, -0.25) is 10.0 Å². The highest BCUT2D eigenvalue weighted by Crippen LogP contribution is 2.38. The van der Waals surface area contributed by atoms with Crippen LogP contribution in [0.3, 0.4) is 0 Å². The molecule has 3 atom stereocenters. The first-order chi connectivity index (χ1) is 12.6. The van der Waals surface area contributed by atoms with Crippen molar-refractivity contribution >= 4 is 12.1 Å². The fraction of sp³-hybridized carbons (Fsp3) is 0.700. The molecular formula is C20H34N2O4. The zero-order valence-corrected chi connectivity index (χ0v) is 15.7. The zero-order valence-electron chi connectivity index (χ0n) is 15.7. The number of hydroxylamine groups is 1. The topological polar surface area (TPSA) is 91.2 Å². The molecule has 3 N–H and O–H groups in total. The molecule has 6 heteroatoms. The van der Waals surface area contributed by atoms with E-state index in [2.05, 4.69) is 18.2 Å². The third-order valence-corrected chi connectivity index (χ3v) is 5.11. The average Bonchev–Trinajstić information content (AvgIpc) is 3.08. The van der Waals surface area contributed by atoms with E-state index in [1.165, 1.54) is 44.6 Å². The Morgan fingerprint density at radius 1 is 1.23 bits per heavy atom. The van der Waals surface area contributed by atoms with Crippen molar-refractivity contribution in [3.63, 3.8) is 0 Å². The molecule has 0 heterocycles. The highest BCUT2D eigenvalue weighted by Gasteiger charge is 2.26. The van der Waals surface area contributed by atoms with Gasteiger partial charge in [-0.05, 0) is 37.7 Å². The Kier molecular flexibility index (Phi) is 11.6. The summed E-state index contributed by atoms with van der Waals surface area (Å²) < 4.78 is 4.90. The van der Waals surface area contributed by atoms with Crippen LogP contribution in [0.15, 0.2) is 30.3 Å². The van der Waals surface area contributed by atoms with Gasteiger partial charge in [-0.1, -0.05) is 51.5 Å². The molecule has 1 amide bonds. The fourth-order valence-corrected chi connectivity index (χ4v) is 3.73. The number of unbranched alkanes of at least 4 members (excludes halogenated alkanes) is 3. The standard InChI is InChI=1S/C20H34N2O4/c1-3-26-16(2)21-15-19(23)14-13-18-11-8-10-17(18)9-6-4-5-7-12-20(24)22-25/h3,15,17-19,23,25H,1-2,4-14H2,(H,22,24)/b21-15+/t17-,18+,19?/m0/s1. The van der Waals surface area contributed by atoms with Gasteiger partial charge in [-0.15, -0.1) is 0 Å². The molecule has 148 valence electrons. The van der Waals surface area contributed by atoms with Crippen LogP contribution >= 0.6 is 0 Å². The third-order valence-electron chi connectivity index (χ3n) is 5.11. The first-order valence-corrected chi connectivity index (χ1v) is 9.68. The van der Waals surface area contributed by atoms with E-state index >= 15 is 0 Å². The molecule has 1 aliphatic rings. The average molecular weight is 367 g/mol. The first-order valence-electron chi connectivity index (χ1n) is 9.68. The van der Waals surface area contributed by atoms with Crippen molar-refractivity contribution in [3.05, 3.63) is 25.3 Å². The molecule has 0 aromatic heterocycles. The highest BCUT2D eigenvalue weighted by atomic mass is 16.5. The van der Waals surface area contributed by atoms with Gasteiger partial charge in [0.1, 0.15) is 0 Å². The molecule has 1 unspecified atom stereocenters. The van der Waals surface area contributed by atoms with Crippen LogP contribution in [0.1, 0.15) is 70.6 Å². The van der Waals surface area contributed by atoms with Crippen LogP contribution in [-0.2, 0) is 9.53 Å². The van der Waals surface area contributed by atoms with Crippen LogP contribution in [0.4, 0.5) is 0 Å². The number of carbonyl (C=O) groups is 1. The fourth-order valence-electron chi connectivity index (χ4n) is 3.73. The molecule has 6 nitrogen and oxygen atoms in total. The normalized spacial score (nSPS) is 20.8. The maximum Gasteiger partial charge on any atom is 0.243 e. The van der Waals surface area contributed by atoms with E-state index < -0.39 is 6.10 Å². The van der Waals surface area contributed by atoms with Gasteiger partial charge in [-0.25, -0.2) is 10.5 Å². The number of carbonyl (C=O) groups excluding carboxylic acids is 1. The molecule has 0 bridgehead atoms. The third kappa shape index (κ3) is 9.73. The number of aliphatic imine (C=N–C) groups is 1. The molecular weight excluding hydrogens is 332 g/mol. The molecule has 0 saturated heterocycles. The van der Waals surface area contributed by atoms with Gasteiger partial charge in [0.2, 0.25) is 11.8 Å². The van der Waals surface area contributed by atoms with Gasteiger partial charge in [0.15, 0.2) is 0 Å². The summed E-state index contributed by atoms with van der Waals surface area (Å²) in [6.45, 7) is 7.03. The molecule has 1 saturated carbocycles. The summed E-state index contributed by atoms with van der Waals surface area (Å²) in [6, 6.07) is 0. The van der Waals surface area contributed by atoms with Crippen molar-refractivity contribution in [1.29, 1.82) is 0 Å². The molecule has 0 aliphatic heterocycles. The van der Waals surface area contributed by atoms with E-state index in [1.807, 2.05) is 0 Å². The quantitative estimate of drug-likeness (QED) is 0.142. The van der Waals surface area contributed by atoms with Gasteiger partial charge in [0.25, 0.3) is 0 Å². The zero-order chi connectivity index (χ0) is 19.2. The minimum Gasteiger partial charge on any atom is -0.448 e. The van der Waals surface area contributed by atoms with E-state index in [0.717, 1.165) is 31.6 Å². The summed E-state index contributed by atoms with van der Waals surface area (Å²) in [5.74, 6) is 1.36. The molecule has 0 aromatic rings. The Balaban J connectivity index is 2.17. The summed E-state index contributed by atoms with van der Waals surface area (Å²) >= 11 is 0. The van der Waals surface area contributed by atoms with Crippen molar-refractivity contribution in [2.24, 2.45) is 16.8 Å². The SMILES string of the molecule is C=COC(=C)/N=C/C(O)CC[C@H]1CCC[C@@H]1CCCCCCC(=O)NO. The van der Waals surface area contributed by atoms with Crippen LogP contribution in [0, 0.1) is 11.8 Å². The second-order valence-corrected chi connectivity index (χ2v) is 7.04. The molecule has 26 heavy (non-hydrogen) atoms. The van der Waals surface area contributed by atoms with E-state index in [9.17, 15) is 9.90 Å². The predicted octanol–water partition coefficient (Wildman–Crippen LogP) is 4.09. The van der Waals surface area contributed by atoms with E-state index in [4.69, 9.17) is 9.94 Å². The van der Waals surface area contributed by atoms with Crippen molar-refractivity contribution in [1.82, 2.24) is 5.48 Å². The van der Waals surface area contributed by atoms with Crippen LogP contribution < -0.4 is 5.48 Å². The Bertz CT molecular complexity index is 465. The molecule has 1 fully saturated rings. The largest absolute Gasteiger partial charge is 0.448 e. The molecule has 0 spiro atoms. The lowest BCUT2D eigenvalue weighted by atomic mass is 9.87. The lowest BCUT2D eigenvalue weighted by Crippen LogP contribution is -2.17. The second kappa shape index (κ2) is 13.5. The van der Waals surface area contributed by atoms with Gasteiger partial charge in [0, 0.05) is 12.6 Å². The summed E-state index contributed by atoms with van der Waals surface area (Å²) in [7, 11) is 0. The Labute approximate surface area is 157 Å². The lowest BCUT2D eigenvalue weighted by molar-refractivity contribution is -0.129. The Morgan fingerprint density at radius 2 is 1.92 bits per heavy atom. The van der Waals surface area contributed by atoms with E-state index in [0.29, 0.717) is 18.8 Å². The van der Waals surface area contributed by atoms with Crippen molar-refractivity contribution < 1.29 is 19.8 Å². The number of aliphatic hydroxyl groups excluding tert-OH is 1. The van der Waals surface area contributed by atoms with Crippen LogP contribution in [0.5, 0.6) is 0 Å². The Hall–Kier alpha value is -1.66. The monoisotopic (exact) mass is 366 g/mol. The summed E-state index contributed by atoms with van der Waals surface area (Å²) in [6.07, 6.45) is 13.5. The number of hydrogen-bond donors (Lipinski definition) is 3.